The largest absolute Gasteiger partial charge is 0.444 e. The quantitative estimate of drug-likeness (QED) is 0.700. The van der Waals surface area contributed by atoms with Gasteiger partial charge in [0.15, 0.2) is 5.76 Å². The summed E-state index contributed by atoms with van der Waals surface area (Å²) in [5, 5.41) is 3.93. The molecule has 0 N–H and O–H groups in total. The molecular weight excluding hydrogens is 335 g/mol. The number of hydrogen-bond acceptors (Lipinski definition) is 6. The molecule has 1 aliphatic heterocycles. The van der Waals surface area contributed by atoms with Crippen LogP contribution < -0.4 is 0 Å². The Bertz CT molecular complexity index is 868. The van der Waals surface area contributed by atoms with Crippen LogP contribution in [0.4, 0.5) is 4.39 Å². The van der Waals surface area contributed by atoms with Crippen molar-refractivity contribution in [2.45, 2.75) is 20.0 Å². The fourth-order valence-electron chi connectivity index (χ4n) is 3.18. The lowest BCUT2D eigenvalue weighted by molar-refractivity contribution is 0.113. The van der Waals surface area contributed by atoms with Gasteiger partial charge < -0.3 is 8.94 Å². The first-order chi connectivity index (χ1) is 12.7. The Morgan fingerprint density at radius 1 is 1.08 bits per heavy atom. The predicted molar refractivity (Wildman–Crippen MR) is 93.7 cm³/mol. The number of piperazine rings is 1. The molecule has 0 bridgehead atoms. The SMILES string of the molecule is Cc1cc(CN2CCN(Cc3coc(-c4cccc(F)c4)n3)CC2)on1. The van der Waals surface area contributed by atoms with E-state index >= 15 is 0 Å². The van der Waals surface area contributed by atoms with Crippen molar-refractivity contribution in [3.8, 4) is 11.5 Å². The molecule has 0 unspecified atom stereocenters. The molecule has 0 spiro atoms. The molecule has 1 saturated heterocycles. The molecule has 1 fully saturated rings. The molecule has 0 aliphatic carbocycles. The van der Waals surface area contributed by atoms with Gasteiger partial charge in [-0.3, -0.25) is 9.80 Å². The van der Waals surface area contributed by atoms with Crippen LogP contribution in [-0.4, -0.2) is 46.1 Å². The highest BCUT2D eigenvalue weighted by atomic mass is 19.1. The number of rotatable bonds is 5. The first kappa shape index (κ1) is 16.9. The van der Waals surface area contributed by atoms with Gasteiger partial charge in [0.2, 0.25) is 5.89 Å². The zero-order valence-corrected chi connectivity index (χ0v) is 14.7. The van der Waals surface area contributed by atoms with Crippen LogP contribution in [-0.2, 0) is 13.1 Å². The number of hydrogen-bond donors (Lipinski definition) is 0. The molecule has 3 aromatic rings. The Kier molecular flexibility index (Phi) is 4.81. The van der Waals surface area contributed by atoms with Crippen LogP contribution in [0.25, 0.3) is 11.5 Å². The molecule has 26 heavy (non-hydrogen) atoms. The number of halogens is 1. The third kappa shape index (κ3) is 4.00. The van der Waals surface area contributed by atoms with Crippen molar-refractivity contribution in [3.63, 3.8) is 0 Å². The van der Waals surface area contributed by atoms with Gasteiger partial charge in [0, 0.05) is 44.4 Å². The summed E-state index contributed by atoms with van der Waals surface area (Å²) in [6, 6.07) is 8.27. The van der Waals surface area contributed by atoms with Crippen LogP contribution in [0.2, 0.25) is 0 Å². The Morgan fingerprint density at radius 3 is 2.54 bits per heavy atom. The molecule has 0 atom stereocenters. The molecule has 4 rings (SSSR count). The fourth-order valence-corrected chi connectivity index (χ4v) is 3.18. The van der Waals surface area contributed by atoms with Gasteiger partial charge >= 0.3 is 0 Å². The number of aromatic nitrogens is 2. The minimum atomic E-state index is -0.291. The van der Waals surface area contributed by atoms with Crippen LogP contribution in [0.1, 0.15) is 17.1 Å². The van der Waals surface area contributed by atoms with Gasteiger partial charge in [-0.05, 0) is 25.1 Å². The van der Waals surface area contributed by atoms with Gasteiger partial charge in [-0.1, -0.05) is 11.2 Å². The minimum absolute atomic E-state index is 0.291. The number of oxazole rings is 1. The van der Waals surface area contributed by atoms with Crippen LogP contribution in [0.3, 0.4) is 0 Å². The van der Waals surface area contributed by atoms with Gasteiger partial charge in [-0.15, -0.1) is 0 Å². The maximum Gasteiger partial charge on any atom is 0.226 e. The third-order valence-electron chi connectivity index (χ3n) is 4.53. The van der Waals surface area contributed by atoms with Crippen molar-refractivity contribution in [3.05, 3.63) is 59.6 Å². The zero-order chi connectivity index (χ0) is 17.9. The fraction of sp³-hybridized carbons (Fsp3) is 0.368. The van der Waals surface area contributed by atoms with Crippen molar-refractivity contribution in [1.82, 2.24) is 19.9 Å². The lowest BCUT2D eigenvalue weighted by atomic mass is 10.2. The Hall–Kier alpha value is -2.51. The summed E-state index contributed by atoms with van der Waals surface area (Å²) in [6.45, 7) is 7.30. The molecule has 3 heterocycles. The first-order valence-corrected chi connectivity index (χ1v) is 8.73. The van der Waals surface area contributed by atoms with Crippen LogP contribution in [0, 0.1) is 12.7 Å². The van der Waals surface area contributed by atoms with Crippen LogP contribution >= 0.6 is 0 Å². The summed E-state index contributed by atoms with van der Waals surface area (Å²) in [5.41, 5.74) is 2.44. The average Bonchev–Trinajstić information content (AvgIpc) is 3.26. The summed E-state index contributed by atoms with van der Waals surface area (Å²) >= 11 is 0. The summed E-state index contributed by atoms with van der Waals surface area (Å²) in [5.74, 6) is 1.08. The molecule has 7 heteroatoms. The molecule has 136 valence electrons. The van der Waals surface area contributed by atoms with E-state index in [-0.39, 0.29) is 5.82 Å². The van der Waals surface area contributed by atoms with Crippen molar-refractivity contribution in [2.75, 3.05) is 26.2 Å². The Labute approximate surface area is 151 Å². The van der Waals surface area contributed by atoms with Crippen molar-refractivity contribution < 1.29 is 13.3 Å². The van der Waals surface area contributed by atoms with Gasteiger partial charge in [-0.25, -0.2) is 9.37 Å². The number of nitrogens with zero attached hydrogens (tertiary/aromatic N) is 4. The number of benzene rings is 1. The van der Waals surface area contributed by atoms with E-state index < -0.39 is 0 Å². The van der Waals surface area contributed by atoms with Crippen molar-refractivity contribution >= 4 is 0 Å². The highest BCUT2D eigenvalue weighted by molar-refractivity contribution is 5.52. The standard InChI is InChI=1S/C19H21FN4O2/c1-14-9-18(26-22-14)12-24-7-5-23(6-8-24)11-17-13-25-19(21-17)15-3-2-4-16(20)10-15/h2-4,9-10,13H,5-8,11-12H2,1H3. The smallest absolute Gasteiger partial charge is 0.226 e. The van der Waals surface area contributed by atoms with Crippen molar-refractivity contribution in [1.29, 1.82) is 0 Å². The van der Waals surface area contributed by atoms with E-state index in [0.717, 1.165) is 56.4 Å². The minimum Gasteiger partial charge on any atom is -0.444 e. The second-order valence-electron chi connectivity index (χ2n) is 6.64. The first-order valence-electron chi connectivity index (χ1n) is 8.73. The summed E-state index contributed by atoms with van der Waals surface area (Å²) in [6.07, 6.45) is 1.66. The van der Waals surface area contributed by atoms with E-state index in [1.165, 1.54) is 12.1 Å². The van der Waals surface area contributed by atoms with Crippen LogP contribution in [0.5, 0.6) is 0 Å². The average molecular weight is 356 g/mol. The monoisotopic (exact) mass is 356 g/mol. The molecule has 0 radical (unpaired) electrons. The topological polar surface area (TPSA) is 58.5 Å². The molecule has 6 nitrogen and oxygen atoms in total. The van der Waals surface area contributed by atoms with E-state index in [9.17, 15) is 4.39 Å². The molecule has 1 aliphatic rings. The Morgan fingerprint density at radius 2 is 1.85 bits per heavy atom. The number of aryl methyl sites for hydroxylation is 1. The Balaban J connectivity index is 1.30. The molecular formula is C19H21FN4O2. The zero-order valence-electron chi connectivity index (χ0n) is 14.7. The predicted octanol–water partition coefficient (Wildman–Crippen LogP) is 3.09. The van der Waals surface area contributed by atoms with Crippen LogP contribution in [0.15, 0.2) is 45.5 Å². The lowest BCUT2D eigenvalue weighted by Crippen LogP contribution is -2.45. The van der Waals surface area contributed by atoms with Gasteiger partial charge in [0.05, 0.1) is 17.9 Å². The second kappa shape index (κ2) is 7.39. The molecule has 2 aromatic heterocycles. The molecule has 0 amide bonds. The summed E-state index contributed by atoms with van der Waals surface area (Å²) < 4.78 is 24.1. The normalized spacial score (nSPS) is 16.2. The van der Waals surface area contributed by atoms with E-state index in [2.05, 4.69) is 19.9 Å². The van der Waals surface area contributed by atoms with E-state index in [0.29, 0.717) is 11.5 Å². The van der Waals surface area contributed by atoms with Gasteiger partial charge in [-0.2, -0.15) is 0 Å². The van der Waals surface area contributed by atoms with Gasteiger partial charge in [0.1, 0.15) is 12.1 Å². The lowest BCUT2D eigenvalue weighted by Gasteiger charge is -2.33. The maximum atomic E-state index is 13.3. The highest BCUT2D eigenvalue weighted by Gasteiger charge is 2.19. The third-order valence-corrected chi connectivity index (χ3v) is 4.53. The van der Waals surface area contributed by atoms with Crippen molar-refractivity contribution in [2.24, 2.45) is 0 Å². The maximum absolute atomic E-state index is 13.3. The van der Waals surface area contributed by atoms with E-state index in [1.807, 2.05) is 13.0 Å². The summed E-state index contributed by atoms with van der Waals surface area (Å²) in [4.78, 5) is 9.19. The van der Waals surface area contributed by atoms with E-state index in [1.54, 1.807) is 18.4 Å². The second-order valence-corrected chi connectivity index (χ2v) is 6.64. The van der Waals surface area contributed by atoms with Gasteiger partial charge in [0.25, 0.3) is 0 Å². The summed E-state index contributed by atoms with van der Waals surface area (Å²) in [7, 11) is 0. The highest BCUT2D eigenvalue weighted by Crippen LogP contribution is 2.20. The molecule has 1 aromatic carbocycles. The van der Waals surface area contributed by atoms with E-state index in [4.69, 9.17) is 8.94 Å². The molecule has 0 saturated carbocycles.